The van der Waals surface area contributed by atoms with Crippen LogP contribution in [0.1, 0.15) is 39.5 Å². The number of nitro benzene ring substituents is 1. The lowest BCUT2D eigenvalue weighted by Crippen LogP contribution is -2.20. The average Bonchev–Trinajstić information content (AvgIpc) is 2.42. The maximum atomic E-state index is 12.1. The molecule has 0 N–H and O–H groups in total. The quantitative estimate of drug-likeness (QED) is 0.304. The fourth-order valence-corrected chi connectivity index (χ4v) is 2.43. The molecule has 1 rings (SSSR count). The van der Waals surface area contributed by atoms with Crippen LogP contribution < -0.4 is 4.74 Å². The van der Waals surface area contributed by atoms with E-state index in [-0.39, 0.29) is 21.7 Å². The van der Waals surface area contributed by atoms with Crippen molar-refractivity contribution in [1.29, 1.82) is 0 Å². The number of benzene rings is 1. The molecule has 116 valence electrons. The highest BCUT2D eigenvalue weighted by Crippen LogP contribution is 2.38. The fourth-order valence-electron chi connectivity index (χ4n) is 1.91. The number of nitro groups is 1. The Hall–Kier alpha value is -1.33. The van der Waals surface area contributed by atoms with Gasteiger partial charge in [0.2, 0.25) is 5.75 Å². The normalized spacial score (nSPS) is 12.0. The van der Waals surface area contributed by atoms with E-state index in [0.717, 1.165) is 18.9 Å². The molecular formula is C14H17Cl2NO4. The molecule has 1 aromatic carbocycles. The molecule has 0 amide bonds. The van der Waals surface area contributed by atoms with Crippen molar-refractivity contribution in [1.82, 2.24) is 0 Å². The van der Waals surface area contributed by atoms with Crippen molar-refractivity contribution in [2.75, 3.05) is 0 Å². The molecule has 1 aromatic rings. The summed E-state index contributed by atoms with van der Waals surface area (Å²) in [7, 11) is 0. The minimum Gasteiger partial charge on any atom is -0.417 e. The van der Waals surface area contributed by atoms with Crippen molar-refractivity contribution in [2.45, 2.75) is 39.5 Å². The second kappa shape index (κ2) is 8.20. The van der Waals surface area contributed by atoms with Crippen LogP contribution in [0.4, 0.5) is 5.69 Å². The second-order valence-electron chi connectivity index (χ2n) is 4.66. The monoisotopic (exact) mass is 333 g/mol. The van der Waals surface area contributed by atoms with E-state index in [9.17, 15) is 14.9 Å². The first-order chi connectivity index (χ1) is 9.90. The van der Waals surface area contributed by atoms with Crippen LogP contribution in [0.2, 0.25) is 10.0 Å². The number of carbonyl (C=O) groups is 1. The van der Waals surface area contributed by atoms with Crippen LogP contribution in [0, 0.1) is 16.0 Å². The topological polar surface area (TPSA) is 69.4 Å². The van der Waals surface area contributed by atoms with Gasteiger partial charge in [0.05, 0.1) is 15.9 Å². The van der Waals surface area contributed by atoms with Gasteiger partial charge in [0.1, 0.15) is 0 Å². The van der Waals surface area contributed by atoms with Gasteiger partial charge >= 0.3 is 11.7 Å². The highest BCUT2D eigenvalue weighted by molar-refractivity contribution is 6.36. The van der Waals surface area contributed by atoms with Crippen LogP contribution in [0.3, 0.4) is 0 Å². The summed E-state index contributed by atoms with van der Waals surface area (Å²) in [6.07, 6.45) is 3.15. The van der Waals surface area contributed by atoms with Crippen LogP contribution in [0.5, 0.6) is 5.75 Å². The third kappa shape index (κ3) is 4.86. The van der Waals surface area contributed by atoms with Gasteiger partial charge in [0.15, 0.2) is 0 Å². The minimum absolute atomic E-state index is 0.0482. The summed E-state index contributed by atoms with van der Waals surface area (Å²) in [6.45, 7) is 3.90. The highest BCUT2D eigenvalue weighted by Gasteiger charge is 2.26. The predicted octanol–water partition coefficient (Wildman–Crippen LogP) is 5.02. The average molecular weight is 334 g/mol. The molecule has 0 aliphatic carbocycles. The zero-order valence-electron chi connectivity index (χ0n) is 11.9. The maximum Gasteiger partial charge on any atom is 0.314 e. The molecule has 0 fully saturated rings. The summed E-state index contributed by atoms with van der Waals surface area (Å²) in [4.78, 5) is 22.5. The van der Waals surface area contributed by atoms with Crippen LogP contribution in [0.15, 0.2) is 12.1 Å². The Morgan fingerprint density at radius 3 is 2.57 bits per heavy atom. The smallest absolute Gasteiger partial charge is 0.314 e. The van der Waals surface area contributed by atoms with Crippen LogP contribution in [0.25, 0.3) is 0 Å². The Morgan fingerprint density at radius 2 is 2.05 bits per heavy atom. The first-order valence-corrected chi connectivity index (χ1v) is 7.51. The zero-order chi connectivity index (χ0) is 16.0. The molecule has 0 heterocycles. The second-order valence-corrected chi connectivity index (χ2v) is 5.51. The van der Waals surface area contributed by atoms with Gasteiger partial charge in [-0.3, -0.25) is 14.9 Å². The molecule has 0 saturated heterocycles. The number of nitrogens with zero attached hydrogens (tertiary/aromatic N) is 1. The third-order valence-electron chi connectivity index (χ3n) is 3.12. The van der Waals surface area contributed by atoms with E-state index < -0.39 is 16.6 Å². The molecule has 7 heteroatoms. The fraction of sp³-hybridized carbons (Fsp3) is 0.500. The van der Waals surface area contributed by atoms with Crippen molar-refractivity contribution in [3.8, 4) is 5.75 Å². The lowest BCUT2D eigenvalue weighted by molar-refractivity contribution is -0.385. The largest absolute Gasteiger partial charge is 0.417 e. The van der Waals surface area contributed by atoms with Crippen LogP contribution >= 0.6 is 23.2 Å². The van der Waals surface area contributed by atoms with Gasteiger partial charge in [-0.25, -0.2) is 0 Å². The van der Waals surface area contributed by atoms with E-state index >= 15 is 0 Å². The number of halogens is 2. The van der Waals surface area contributed by atoms with Crippen LogP contribution in [-0.4, -0.2) is 10.9 Å². The van der Waals surface area contributed by atoms with Crippen molar-refractivity contribution in [2.24, 2.45) is 5.92 Å². The molecule has 0 aliphatic heterocycles. The molecule has 21 heavy (non-hydrogen) atoms. The highest BCUT2D eigenvalue weighted by atomic mass is 35.5. The maximum absolute atomic E-state index is 12.1. The third-order valence-corrected chi connectivity index (χ3v) is 3.62. The van der Waals surface area contributed by atoms with E-state index in [1.807, 2.05) is 13.8 Å². The van der Waals surface area contributed by atoms with Gasteiger partial charge in [-0.05, 0) is 18.9 Å². The number of hydrogen-bond donors (Lipinski definition) is 0. The van der Waals surface area contributed by atoms with Crippen molar-refractivity contribution >= 4 is 34.9 Å². The summed E-state index contributed by atoms with van der Waals surface area (Å²) in [5.74, 6) is -1.04. The number of rotatable bonds is 7. The number of ether oxygens (including phenoxy) is 1. The Labute approximate surface area is 133 Å². The zero-order valence-corrected chi connectivity index (χ0v) is 13.4. The van der Waals surface area contributed by atoms with Gasteiger partial charge in [-0.2, -0.15) is 0 Å². The van der Waals surface area contributed by atoms with Gasteiger partial charge < -0.3 is 4.74 Å². The number of hydrogen-bond acceptors (Lipinski definition) is 4. The lowest BCUT2D eigenvalue weighted by atomic mass is 10.00. The molecule has 0 radical (unpaired) electrons. The molecule has 0 aliphatic rings. The molecule has 5 nitrogen and oxygen atoms in total. The minimum atomic E-state index is -0.673. The molecule has 0 saturated carbocycles. The lowest BCUT2D eigenvalue weighted by Gasteiger charge is -2.14. The van der Waals surface area contributed by atoms with E-state index in [4.69, 9.17) is 27.9 Å². The van der Waals surface area contributed by atoms with E-state index in [2.05, 4.69) is 0 Å². The Bertz CT molecular complexity index is 534. The summed E-state index contributed by atoms with van der Waals surface area (Å²) < 4.78 is 5.17. The van der Waals surface area contributed by atoms with Crippen LogP contribution in [-0.2, 0) is 4.79 Å². The van der Waals surface area contributed by atoms with E-state index in [0.29, 0.717) is 12.8 Å². The van der Waals surface area contributed by atoms with Crippen molar-refractivity contribution in [3.05, 3.63) is 32.3 Å². The van der Waals surface area contributed by atoms with E-state index in [1.54, 1.807) is 0 Å². The summed E-state index contributed by atoms with van der Waals surface area (Å²) in [6, 6.07) is 2.43. The summed E-state index contributed by atoms with van der Waals surface area (Å²) >= 11 is 11.6. The Morgan fingerprint density at radius 1 is 1.38 bits per heavy atom. The van der Waals surface area contributed by atoms with Crippen molar-refractivity contribution in [3.63, 3.8) is 0 Å². The number of carbonyl (C=O) groups excluding carboxylic acids is 1. The molecule has 0 spiro atoms. The molecule has 1 unspecified atom stereocenters. The van der Waals surface area contributed by atoms with Gasteiger partial charge in [0.25, 0.3) is 0 Å². The SMILES string of the molecule is CCCCC(CC)C(=O)Oc1c(Cl)cc(Cl)cc1[N+](=O)[O-]. The van der Waals surface area contributed by atoms with Crippen molar-refractivity contribution < 1.29 is 14.5 Å². The Balaban J connectivity index is 3.01. The van der Waals surface area contributed by atoms with Gasteiger partial charge in [-0.15, -0.1) is 0 Å². The molecule has 1 atom stereocenters. The van der Waals surface area contributed by atoms with E-state index in [1.165, 1.54) is 6.07 Å². The number of unbranched alkanes of at least 4 members (excludes halogenated alkanes) is 1. The first kappa shape index (κ1) is 17.7. The molecule has 0 bridgehead atoms. The van der Waals surface area contributed by atoms with Gasteiger partial charge in [0, 0.05) is 11.1 Å². The number of esters is 1. The summed E-state index contributed by atoms with van der Waals surface area (Å²) in [5, 5.41) is 11.1. The predicted molar refractivity (Wildman–Crippen MR) is 82.1 cm³/mol. The van der Waals surface area contributed by atoms with Gasteiger partial charge in [-0.1, -0.05) is 49.9 Å². The summed E-state index contributed by atoms with van der Waals surface area (Å²) in [5.41, 5.74) is -0.411. The molecule has 0 aromatic heterocycles. The molecular weight excluding hydrogens is 317 g/mol. The standard InChI is InChI=1S/C14H17Cl2NO4/c1-3-5-6-9(4-2)14(18)21-13-11(16)7-10(15)8-12(13)17(19)20/h7-9H,3-6H2,1-2H3. The first-order valence-electron chi connectivity index (χ1n) is 6.75. The Kier molecular flexibility index (Phi) is 6.92.